The Morgan fingerprint density at radius 2 is 1.89 bits per heavy atom. The molecule has 0 radical (unpaired) electrons. The van der Waals surface area contributed by atoms with Crippen molar-refractivity contribution in [1.82, 2.24) is 5.32 Å². The summed E-state index contributed by atoms with van der Waals surface area (Å²) in [5.74, 6) is -2.22. The van der Waals surface area contributed by atoms with E-state index in [4.69, 9.17) is 9.84 Å². The molecule has 0 saturated heterocycles. The highest BCUT2D eigenvalue weighted by Crippen LogP contribution is 2.22. The van der Waals surface area contributed by atoms with Gasteiger partial charge in [-0.15, -0.1) is 0 Å². The number of hydrogen-bond donors (Lipinski definition) is 2. The molecule has 8 heteroatoms. The van der Waals surface area contributed by atoms with Crippen molar-refractivity contribution in [1.29, 1.82) is 0 Å². The average Bonchev–Trinajstić information content (AvgIpc) is 2.27. The van der Waals surface area contributed by atoms with Crippen LogP contribution in [0.5, 0.6) is 0 Å². The number of carbonyl (C=O) groups excluding carboxylic acids is 1. The highest BCUT2D eigenvalue weighted by Gasteiger charge is 2.47. The molecule has 0 aliphatic rings. The van der Waals surface area contributed by atoms with E-state index in [9.17, 15) is 18.0 Å². The van der Waals surface area contributed by atoms with Gasteiger partial charge in [0.05, 0.1) is 6.61 Å². The number of carbonyl (C=O) groups is 2. The Hall–Kier alpha value is -1.15. The summed E-state index contributed by atoms with van der Waals surface area (Å²) in [5, 5.41) is 9.83. The second-order valence-corrected chi connectivity index (χ2v) is 7.10. The smallest absolute Gasteiger partial charge is 0.324 e. The van der Waals surface area contributed by atoms with Crippen molar-refractivity contribution in [2.45, 2.75) is 30.8 Å². The number of hydrogen-bond acceptors (Lipinski definition) is 5. The Balaban J connectivity index is 4.92. The number of aliphatic carboxylic acids is 1. The van der Waals surface area contributed by atoms with Crippen LogP contribution in [0.25, 0.3) is 0 Å². The number of carboxylic acids is 1. The van der Waals surface area contributed by atoms with Gasteiger partial charge in [0.25, 0.3) is 0 Å². The fourth-order valence-corrected chi connectivity index (χ4v) is 2.62. The highest BCUT2D eigenvalue weighted by molar-refractivity contribution is 7.94. The normalized spacial score (nSPS) is 14.0. The Bertz CT molecular complexity index is 414. The maximum absolute atomic E-state index is 12.0. The number of methoxy groups -OCH3 is 1. The van der Waals surface area contributed by atoms with E-state index in [0.29, 0.717) is 0 Å². The lowest BCUT2D eigenvalue weighted by atomic mass is 10.2. The predicted molar refractivity (Wildman–Crippen MR) is 65.0 cm³/mol. The monoisotopic (exact) mass is 281 g/mol. The van der Waals surface area contributed by atoms with Crippen LogP contribution in [0.2, 0.25) is 0 Å². The van der Waals surface area contributed by atoms with Crippen LogP contribution in [0.15, 0.2) is 0 Å². The average molecular weight is 281 g/mol. The molecule has 0 heterocycles. The van der Waals surface area contributed by atoms with Crippen LogP contribution in [0.1, 0.15) is 20.8 Å². The van der Waals surface area contributed by atoms with Crippen LogP contribution in [0.4, 0.5) is 0 Å². The summed E-state index contributed by atoms with van der Waals surface area (Å²) >= 11 is 0. The Morgan fingerprint density at radius 3 is 2.28 bits per heavy atom. The minimum atomic E-state index is -4.13. The SMILES string of the molecule is COCCNC(=O)C(C)S(=O)(=O)C(C)(C)C(=O)O. The lowest BCUT2D eigenvalue weighted by molar-refractivity contribution is -0.139. The molecule has 0 aliphatic heterocycles. The van der Waals surface area contributed by atoms with E-state index < -0.39 is 31.7 Å². The fraction of sp³-hybridized carbons (Fsp3) is 0.800. The highest BCUT2D eigenvalue weighted by atomic mass is 32.2. The first-order valence-electron chi connectivity index (χ1n) is 5.32. The standard InChI is InChI=1S/C10H19NO6S/c1-7(8(12)11-5-6-17-4)18(15,16)10(2,3)9(13)14/h7H,5-6H2,1-4H3,(H,11,12)(H,13,14). The third-order valence-electron chi connectivity index (χ3n) is 2.67. The van der Waals surface area contributed by atoms with Crippen molar-refractivity contribution in [3.63, 3.8) is 0 Å². The van der Waals surface area contributed by atoms with Crippen molar-refractivity contribution in [3.05, 3.63) is 0 Å². The molecule has 2 N–H and O–H groups in total. The summed E-state index contributed by atoms with van der Waals surface area (Å²) < 4.78 is 26.7. The Kier molecular flexibility index (Phi) is 5.75. The molecule has 0 spiro atoms. The molecule has 0 aliphatic carbocycles. The number of nitrogens with one attached hydrogen (secondary N) is 1. The molecule has 0 bridgehead atoms. The van der Waals surface area contributed by atoms with E-state index in [1.165, 1.54) is 14.0 Å². The Labute approximate surface area is 106 Å². The molecular formula is C10H19NO6S. The zero-order valence-electron chi connectivity index (χ0n) is 10.9. The van der Waals surface area contributed by atoms with Gasteiger partial charge in [0.1, 0.15) is 5.25 Å². The maximum atomic E-state index is 12.0. The van der Waals surface area contributed by atoms with Gasteiger partial charge in [0.15, 0.2) is 14.6 Å². The van der Waals surface area contributed by atoms with Crippen LogP contribution < -0.4 is 5.32 Å². The molecular weight excluding hydrogens is 262 g/mol. The van der Waals surface area contributed by atoms with Gasteiger partial charge in [0.2, 0.25) is 5.91 Å². The number of carboxylic acid groups (broad SMARTS) is 1. The summed E-state index contributed by atoms with van der Waals surface area (Å²) in [4.78, 5) is 22.5. The van der Waals surface area contributed by atoms with Gasteiger partial charge in [-0.05, 0) is 20.8 Å². The molecule has 1 amide bonds. The van der Waals surface area contributed by atoms with E-state index in [2.05, 4.69) is 5.32 Å². The summed E-state index contributed by atoms with van der Waals surface area (Å²) in [5.41, 5.74) is 0. The second-order valence-electron chi connectivity index (χ2n) is 4.29. The van der Waals surface area contributed by atoms with Gasteiger partial charge in [-0.25, -0.2) is 8.42 Å². The molecule has 1 atom stereocenters. The maximum Gasteiger partial charge on any atom is 0.324 e. The zero-order chi connectivity index (χ0) is 14.6. The molecule has 0 saturated carbocycles. The first kappa shape index (κ1) is 16.9. The van der Waals surface area contributed by atoms with Gasteiger partial charge >= 0.3 is 5.97 Å². The van der Waals surface area contributed by atoms with Crippen molar-refractivity contribution in [3.8, 4) is 0 Å². The van der Waals surface area contributed by atoms with E-state index in [1.807, 2.05) is 0 Å². The number of ether oxygens (including phenoxy) is 1. The van der Waals surface area contributed by atoms with Crippen LogP contribution in [0, 0.1) is 0 Å². The largest absolute Gasteiger partial charge is 0.480 e. The fourth-order valence-electron chi connectivity index (χ4n) is 1.12. The number of amides is 1. The van der Waals surface area contributed by atoms with E-state index in [0.717, 1.165) is 13.8 Å². The van der Waals surface area contributed by atoms with Gasteiger partial charge in [-0.1, -0.05) is 0 Å². The van der Waals surface area contributed by atoms with Crippen molar-refractivity contribution in [2.24, 2.45) is 0 Å². The molecule has 0 aromatic carbocycles. The number of sulfone groups is 1. The minimum Gasteiger partial charge on any atom is -0.480 e. The molecule has 0 rings (SSSR count). The first-order valence-corrected chi connectivity index (χ1v) is 6.87. The second kappa shape index (κ2) is 6.14. The molecule has 0 fully saturated rings. The molecule has 0 aromatic rings. The molecule has 18 heavy (non-hydrogen) atoms. The summed E-state index contributed by atoms with van der Waals surface area (Å²) in [6, 6.07) is 0. The van der Waals surface area contributed by atoms with Crippen molar-refractivity contribution >= 4 is 21.7 Å². The van der Waals surface area contributed by atoms with Crippen LogP contribution >= 0.6 is 0 Å². The summed E-state index contributed by atoms with van der Waals surface area (Å²) in [7, 11) is -2.68. The van der Waals surface area contributed by atoms with E-state index in [1.54, 1.807) is 0 Å². The predicted octanol–water partition coefficient (Wildman–Crippen LogP) is -0.584. The molecule has 1 unspecified atom stereocenters. The number of rotatable bonds is 7. The van der Waals surface area contributed by atoms with E-state index in [-0.39, 0.29) is 13.2 Å². The van der Waals surface area contributed by atoms with Gasteiger partial charge in [-0.2, -0.15) is 0 Å². The summed E-state index contributed by atoms with van der Waals surface area (Å²) in [6.07, 6.45) is 0. The van der Waals surface area contributed by atoms with Crippen LogP contribution in [-0.2, 0) is 24.2 Å². The van der Waals surface area contributed by atoms with Crippen LogP contribution in [0.3, 0.4) is 0 Å². The quantitative estimate of drug-likeness (QED) is 0.604. The minimum absolute atomic E-state index is 0.169. The third-order valence-corrected chi connectivity index (χ3v) is 5.41. The van der Waals surface area contributed by atoms with Gasteiger partial charge in [-0.3, -0.25) is 9.59 Å². The topological polar surface area (TPSA) is 110 Å². The first-order chi connectivity index (χ1) is 8.09. The van der Waals surface area contributed by atoms with Crippen LogP contribution in [-0.4, -0.2) is 55.7 Å². The van der Waals surface area contributed by atoms with E-state index >= 15 is 0 Å². The zero-order valence-corrected chi connectivity index (χ0v) is 11.7. The Morgan fingerprint density at radius 1 is 1.39 bits per heavy atom. The van der Waals surface area contributed by atoms with Crippen molar-refractivity contribution < 1.29 is 27.9 Å². The molecule has 106 valence electrons. The lowest BCUT2D eigenvalue weighted by Crippen LogP contribution is -2.50. The summed E-state index contributed by atoms with van der Waals surface area (Å²) in [6.45, 7) is 3.71. The third kappa shape index (κ3) is 3.42. The molecule has 0 aromatic heterocycles. The lowest BCUT2D eigenvalue weighted by Gasteiger charge is -2.23. The van der Waals surface area contributed by atoms with Gasteiger partial charge < -0.3 is 15.2 Å². The van der Waals surface area contributed by atoms with Crippen molar-refractivity contribution in [2.75, 3.05) is 20.3 Å². The molecule has 7 nitrogen and oxygen atoms in total. The van der Waals surface area contributed by atoms with Gasteiger partial charge in [0, 0.05) is 13.7 Å².